The molecule has 0 N–H and O–H groups in total. The van der Waals surface area contributed by atoms with Gasteiger partial charge in [0.25, 0.3) is 0 Å². The summed E-state index contributed by atoms with van der Waals surface area (Å²) in [5, 5.41) is 0. The van der Waals surface area contributed by atoms with Gasteiger partial charge in [-0.05, 0) is 12.8 Å². The predicted molar refractivity (Wildman–Crippen MR) is 101 cm³/mol. The zero-order valence-corrected chi connectivity index (χ0v) is 17.0. The lowest BCUT2D eigenvalue weighted by molar-refractivity contribution is 0.122. The van der Waals surface area contributed by atoms with Gasteiger partial charge >= 0.3 is 25.9 Å². The van der Waals surface area contributed by atoms with Crippen LogP contribution in [0.4, 0.5) is 0 Å². The van der Waals surface area contributed by atoms with E-state index in [4.69, 9.17) is 13.3 Å². The van der Waals surface area contributed by atoms with Crippen LogP contribution >= 0.6 is 0 Å². The molecule has 9 nitrogen and oxygen atoms in total. The largest absolute Gasteiger partial charge is 0.500 e. The van der Waals surface area contributed by atoms with Crippen molar-refractivity contribution < 1.29 is 13.3 Å². The van der Waals surface area contributed by atoms with Crippen molar-refractivity contribution in [2.45, 2.75) is 51.9 Å². The molecule has 0 unspecified atom stereocenters. The van der Waals surface area contributed by atoms with Crippen LogP contribution in [0.15, 0.2) is 27.0 Å². The van der Waals surface area contributed by atoms with Crippen molar-refractivity contribution in [2.75, 3.05) is 21.3 Å². The van der Waals surface area contributed by atoms with Crippen molar-refractivity contribution >= 4 is 8.80 Å². The number of aromatic nitrogens is 3. The minimum absolute atomic E-state index is 0.0526. The van der Waals surface area contributed by atoms with Crippen LogP contribution in [0.5, 0.6) is 0 Å². The van der Waals surface area contributed by atoms with E-state index in [0.717, 1.165) is 20.1 Å². The van der Waals surface area contributed by atoms with Gasteiger partial charge in [-0.2, -0.15) is 0 Å². The Labute approximate surface area is 153 Å². The molecule has 26 heavy (non-hydrogen) atoms. The fourth-order valence-electron chi connectivity index (χ4n) is 2.68. The molecule has 0 spiro atoms. The molecule has 0 radical (unpaired) electrons. The van der Waals surface area contributed by atoms with Crippen LogP contribution in [0.1, 0.15) is 26.2 Å². The second-order valence-electron chi connectivity index (χ2n) is 5.80. The number of hydrogen-bond acceptors (Lipinski definition) is 6. The van der Waals surface area contributed by atoms with Crippen LogP contribution < -0.4 is 17.1 Å². The first-order chi connectivity index (χ1) is 12.4. The predicted octanol–water partition coefficient (Wildman–Crippen LogP) is 0.426. The van der Waals surface area contributed by atoms with Crippen molar-refractivity contribution in [3.63, 3.8) is 0 Å². The molecule has 0 saturated carbocycles. The number of allylic oxidation sites excluding steroid dienone is 1. The minimum Gasteiger partial charge on any atom is -0.377 e. The van der Waals surface area contributed by atoms with Gasteiger partial charge in [-0.25, -0.2) is 28.1 Å². The maximum Gasteiger partial charge on any atom is 0.500 e. The average Bonchev–Trinajstić information content (AvgIpc) is 2.65. The summed E-state index contributed by atoms with van der Waals surface area (Å²) in [6.45, 7) is 6.01. The Balaban J connectivity index is 3.23. The standard InChI is InChI=1S/C16H29N3O6Si/c1-6-8-11-18-14(20)17(10-7-2)15(21)19(16(18)22)12-9-13-26(23-3,24-4)25-5/h7H,2,6,8-13H2,1,3-5H3. The Kier molecular flexibility index (Phi) is 8.92. The van der Waals surface area contributed by atoms with E-state index in [-0.39, 0.29) is 19.6 Å². The van der Waals surface area contributed by atoms with Crippen molar-refractivity contribution in [2.24, 2.45) is 0 Å². The fourth-order valence-corrected chi connectivity index (χ4v) is 4.38. The van der Waals surface area contributed by atoms with Crippen molar-refractivity contribution in [3.8, 4) is 0 Å². The van der Waals surface area contributed by atoms with E-state index in [1.807, 2.05) is 6.92 Å². The second-order valence-corrected chi connectivity index (χ2v) is 8.89. The van der Waals surface area contributed by atoms with Crippen molar-refractivity contribution in [3.05, 3.63) is 44.1 Å². The summed E-state index contributed by atoms with van der Waals surface area (Å²) in [4.78, 5) is 37.7. The highest BCUT2D eigenvalue weighted by Gasteiger charge is 2.37. The molecule has 0 amide bonds. The molecule has 0 saturated heterocycles. The minimum atomic E-state index is -2.79. The third kappa shape index (κ3) is 4.91. The first-order valence-corrected chi connectivity index (χ1v) is 10.5. The van der Waals surface area contributed by atoms with Crippen LogP contribution in [0.25, 0.3) is 0 Å². The van der Waals surface area contributed by atoms with Gasteiger partial charge in [0.2, 0.25) is 0 Å². The molecule has 1 heterocycles. The molecule has 0 aromatic carbocycles. The number of nitrogens with zero attached hydrogens (tertiary/aromatic N) is 3. The second kappa shape index (κ2) is 10.4. The quantitative estimate of drug-likeness (QED) is 0.381. The molecule has 0 aliphatic carbocycles. The Morgan fingerprint density at radius 3 is 1.77 bits per heavy atom. The van der Waals surface area contributed by atoms with E-state index >= 15 is 0 Å². The molecule has 148 valence electrons. The average molecular weight is 388 g/mol. The highest BCUT2D eigenvalue weighted by molar-refractivity contribution is 6.60. The van der Waals surface area contributed by atoms with Crippen LogP contribution in [0.2, 0.25) is 6.04 Å². The first-order valence-electron chi connectivity index (χ1n) is 8.62. The van der Waals surface area contributed by atoms with Gasteiger partial charge in [0, 0.05) is 40.5 Å². The number of unbranched alkanes of at least 4 members (excludes halogenated alkanes) is 1. The molecule has 10 heteroatoms. The molecule has 0 aliphatic heterocycles. The van der Waals surface area contributed by atoms with E-state index < -0.39 is 25.9 Å². The van der Waals surface area contributed by atoms with Gasteiger partial charge in [-0.15, -0.1) is 6.58 Å². The summed E-state index contributed by atoms with van der Waals surface area (Å²) in [5.41, 5.74) is -1.82. The highest BCUT2D eigenvalue weighted by atomic mass is 28.4. The molecule has 1 aromatic heterocycles. The summed E-state index contributed by atoms with van der Waals surface area (Å²) >= 11 is 0. The van der Waals surface area contributed by atoms with E-state index in [0.29, 0.717) is 18.9 Å². The lowest BCUT2D eigenvalue weighted by Gasteiger charge is -2.24. The highest BCUT2D eigenvalue weighted by Crippen LogP contribution is 2.15. The summed E-state index contributed by atoms with van der Waals surface area (Å²) < 4.78 is 19.3. The van der Waals surface area contributed by atoms with Gasteiger partial charge in [0.15, 0.2) is 0 Å². The Morgan fingerprint density at radius 1 is 0.885 bits per heavy atom. The van der Waals surface area contributed by atoms with E-state index in [2.05, 4.69) is 6.58 Å². The normalized spacial score (nSPS) is 11.7. The smallest absolute Gasteiger partial charge is 0.377 e. The number of rotatable bonds is 12. The SMILES string of the molecule is C=CCn1c(=O)n(CCCC)c(=O)n(CCC[Si](OC)(OC)OC)c1=O. The molecule has 0 atom stereocenters. The van der Waals surface area contributed by atoms with E-state index in [9.17, 15) is 14.4 Å². The maximum atomic E-state index is 12.6. The van der Waals surface area contributed by atoms with Crippen molar-refractivity contribution in [1.29, 1.82) is 0 Å². The molecule has 1 aromatic rings. The van der Waals surface area contributed by atoms with Gasteiger partial charge in [0.05, 0.1) is 6.54 Å². The molecule has 1 rings (SSSR count). The summed E-state index contributed by atoms with van der Waals surface area (Å²) in [6, 6.07) is 0.442. The zero-order valence-electron chi connectivity index (χ0n) is 16.0. The van der Waals surface area contributed by atoms with Gasteiger partial charge in [0.1, 0.15) is 0 Å². The zero-order chi connectivity index (χ0) is 19.7. The summed E-state index contributed by atoms with van der Waals surface area (Å²) in [6.07, 6.45) is 3.40. The first kappa shape index (κ1) is 22.3. The Morgan fingerprint density at radius 2 is 1.35 bits per heavy atom. The van der Waals surface area contributed by atoms with E-state index in [1.165, 1.54) is 27.4 Å². The topological polar surface area (TPSA) is 93.7 Å². The third-order valence-electron chi connectivity index (χ3n) is 4.23. The molecular weight excluding hydrogens is 358 g/mol. The lowest BCUT2D eigenvalue weighted by Crippen LogP contribution is -2.54. The summed E-state index contributed by atoms with van der Waals surface area (Å²) in [7, 11) is 1.73. The molecular formula is C16H29N3O6Si. The van der Waals surface area contributed by atoms with Crippen molar-refractivity contribution in [1.82, 2.24) is 13.7 Å². The van der Waals surface area contributed by atoms with E-state index in [1.54, 1.807) is 0 Å². The van der Waals surface area contributed by atoms with Gasteiger partial charge in [-0.3, -0.25) is 0 Å². The maximum absolute atomic E-state index is 12.6. The monoisotopic (exact) mass is 387 g/mol. The lowest BCUT2D eigenvalue weighted by atomic mass is 10.3. The third-order valence-corrected chi connectivity index (χ3v) is 7.06. The van der Waals surface area contributed by atoms with Crippen LogP contribution in [-0.4, -0.2) is 43.8 Å². The summed E-state index contributed by atoms with van der Waals surface area (Å²) in [5.74, 6) is 0. The van der Waals surface area contributed by atoms with Gasteiger partial charge < -0.3 is 13.3 Å². The molecule has 0 fully saturated rings. The fraction of sp³-hybridized carbons (Fsp3) is 0.688. The molecule has 0 aliphatic rings. The number of hydrogen-bond donors (Lipinski definition) is 0. The van der Waals surface area contributed by atoms with Gasteiger partial charge in [-0.1, -0.05) is 19.4 Å². The van der Waals surface area contributed by atoms with Crippen LogP contribution in [0, 0.1) is 0 Å². The van der Waals surface area contributed by atoms with Crippen LogP contribution in [-0.2, 0) is 32.9 Å². The van der Waals surface area contributed by atoms with Crippen LogP contribution in [0.3, 0.4) is 0 Å². The Hall–Kier alpha value is -1.75. The molecule has 0 bridgehead atoms. The Bertz CT molecular complexity index is 754.